The second-order valence-electron chi connectivity index (χ2n) is 3.77. The van der Waals surface area contributed by atoms with Gasteiger partial charge in [-0.25, -0.2) is 0 Å². The fourth-order valence-corrected chi connectivity index (χ4v) is 2.09. The van der Waals surface area contributed by atoms with Gasteiger partial charge in [0.25, 0.3) is 0 Å². The molecule has 0 amide bonds. The lowest BCUT2D eigenvalue weighted by Gasteiger charge is -2.07. The van der Waals surface area contributed by atoms with E-state index in [1.54, 1.807) is 0 Å². The standard InChI is InChI=1S/C11H20BrN3/c1-3-5-6-7-10-13-14-11(9-12)15(10)8-4-2/h3-9H2,1-2H3. The van der Waals surface area contributed by atoms with Crippen LogP contribution in [0.2, 0.25) is 0 Å². The number of nitrogens with zero attached hydrogens (tertiary/aromatic N) is 3. The normalized spacial score (nSPS) is 10.9. The van der Waals surface area contributed by atoms with Crippen molar-refractivity contribution in [2.75, 3.05) is 0 Å². The number of halogens is 1. The van der Waals surface area contributed by atoms with Crippen LogP contribution in [0.3, 0.4) is 0 Å². The Bertz CT molecular complexity index is 283. The molecule has 1 rings (SSSR count). The molecule has 0 fully saturated rings. The van der Waals surface area contributed by atoms with E-state index in [2.05, 4.69) is 44.5 Å². The number of aromatic nitrogens is 3. The quantitative estimate of drug-likeness (QED) is 0.564. The maximum absolute atomic E-state index is 4.26. The van der Waals surface area contributed by atoms with Gasteiger partial charge in [0.2, 0.25) is 0 Å². The Labute approximate surface area is 100 Å². The van der Waals surface area contributed by atoms with Gasteiger partial charge in [-0.1, -0.05) is 42.6 Å². The molecule has 1 heterocycles. The van der Waals surface area contributed by atoms with Crippen molar-refractivity contribution in [3.05, 3.63) is 11.6 Å². The van der Waals surface area contributed by atoms with Crippen LogP contribution in [0, 0.1) is 0 Å². The minimum absolute atomic E-state index is 0.799. The van der Waals surface area contributed by atoms with Crippen molar-refractivity contribution in [2.45, 2.75) is 57.8 Å². The molecule has 0 saturated carbocycles. The fourth-order valence-electron chi connectivity index (χ4n) is 1.67. The first kappa shape index (κ1) is 12.7. The summed E-state index contributed by atoms with van der Waals surface area (Å²) in [5.74, 6) is 2.21. The number of aryl methyl sites for hydroxylation is 1. The molecule has 0 saturated heterocycles. The van der Waals surface area contributed by atoms with Crippen molar-refractivity contribution < 1.29 is 0 Å². The zero-order chi connectivity index (χ0) is 11.1. The summed E-state index contributed by atoms with van der Waals surface area (Å²) in [6.07, 6.45) is 5.96. The van der Waals surface area contributed by atoms with E-state index in [1.807, 2.05) is 0 Å². The molecule has 0 atom stereocenters. The minimum Gasteiger partial charge on any atom is -0.314 e. The lowest BCUT2D eigenvalue weighted by molar-refractivity contribution is 0.598. The van der Waals surface area contributed by atoms with Gasteiger partial charge in [0.05, 0.1) is 5.33 Å². The lowest BCUT2D eigenvalue weighted by Crippen LogP contribution is -2.06. The fraction of sp³-hybridized carbons (Fsp3) is 0.818. The summed E-state index contributed by atoms with van der Waals surface area (Å²) in [4.78, 5) is 0. The Morgan fingerprint density at radius 3 is 2.40 bits per heavy atom. The summed E-state index contributed by atoms with van der Waals surface area (Å²) in [7, 11) is 0. The molecule has 0 spiro atoms. The number of rotatable bonds is 7. The minimum atomic E-state index is 0.799. The number of hydrogen-bond donors (Lipinski definition) is 0. The van der Waals surface area contributed by atoms with E-state index in [-0.39, 0.29) is 0 Å². The molecule has 4 heteroatoms. The molecule has 0 aliphatic carbocycles. The maximum Gasteiger partial charge on any atom is 0.143 e. The molecule has 0 aliphatic rings. The van der Waals surface area contributed by atoms with Gasteiger partial charge >= 0.3 is 0 Å². The summed E-state index contributed by atoms with van der Waals surface area (Å²) in [6.45, 7) is 5.45. The van der Waals surface area contributed by atoms with Gasteiger partial charge in [0.15, 0.2) is 0 Å². The van der Waals surface area contributed by atoms with Gasteiger partial charge < -0.3 is 4.57 Å². The van der Waals surface area contributed by atoms with Crippen LogP contribution in [0.25, 0.3) is 0 Å². The first-order valence-electron chi connectivity index (χ1n) is 5.80. The SMILES string of the molecule is CCCCCc1nnc(CBr)n1CCC. The van der Waals surface area contributed by atoms with E-state index in [9.17, 15) is 0 Å². The van der Waals surface area contributed by atoms with Crippen LogP contribution in [0.1, 0.15) is 51.2 Å². The molecule has 0 bridgehead atoms. The predicted octanol–water partition coefficient (Wildman–Crippen LogP) is 3.32. The average Bonchev–Trinajstić information content (AvgIpc) is 2.62. The summed E-state index contributed by atoms with van der Waals surface area (Å²) >= 11 is 3.45. The molecule has 0 unspecified atom stereocenters. The summed E-state index contributed by atoms with van der Waals surface area (Å²) in [5.41, 5.74) is 0. The third kappa shape index (κ3) is 3.59. The molecule has 0 aliphatic heterocycles. The zero-order valence-electron chi connectivity index (χ0n) is 9.67. The highest BCUT2D eigenvalue weighted by molar-refractivity contribution is 9.08. The van der Waals surface area contributed by atoms with Crippen LogP contribution in [-0.4, -0.2) is 14.8 Å². The first-order chi connectivity index (χ1) is 7.33. The Balaban J connectivity index is 2.64. The van der Waals surface area contributed by atoms with E-state index in [0.717, 1.165) is 36.4 Å². The van der Waals surface area contributed by atoms with Crippen LogP contribution in [0.15, 0.2) is 0 Å². The van der Waals surface area contributed by atoms with Gasteiger partial charge in [0.1, 0.15) is 11.6 Å². The third-order valence-corrected chi connectivity index (χ3v) is 2.98. The van der Waals surface area contributed by atoms with E-state index >= 15 is 0 Å². The summed E-state index contributed by atoms with van der Waals surface area (Å²) in [6, 6.07) is 0. The molecular formula is C11H20BrN3. The predicted molar refractivity (Wildman–Crippen MR) is 66.2 cm³/mol. The highest BCUT2D eigenvalue weighted by Gasteiger charge is 2.09. The summed E-state index contributed by atoms with van der Waals surface area (Å²) in [5, 5.41) is 9.26. The first-order valence-corrected chi connectivity index (χ1v) is 6.92. The van der Waals surface area contributed by atoms with Crippen molar-refractivity contribution in [3.63, 3.8) is 0 Å². The molecule has 0 aromatic carbocycles. The number of hydrogen-bond acceptors (Lipinski definition) is 2. The lowest BCUT2D eigenvalue weighted by atomic mass is 10.2. The van der Waals surface area contributed by atoms with Gasteiger partial charge in [-0.2, -0.15) is 0 Å². The highest BCUT2D eigenvalue weighted by atomic mass is 79.9. The van der Waals surface area contributed by atoms with Gasteiger partial charge in [-0.05, 0) is 12.8 Å². The monoisotopic (exact) mass is 273 g/mol. The maximum atomic E-state index is 4.26. The van der Waals surface area contributed by atoms with Crippen LogP contribution in [-0.2, 0) is 18.3 Å². The zero-order valence-corrected chi connectivity index (χ0v) is 11.3. The van der Waals surface area contributed by atoms with Crippen molar-refractivity contribution in [1.82, 2.24) is 14.8 Å². The Morgan fingerprint density at radius 2 is 1.80 bits per heavy atom. The van der Waals surface area contributed by atoms with E-state index in [0.29, 0.717) is 0 Å². The number of alkyl halides is 1. The van der Waals surface area contributed by atoms with Gasteiger partial charge in [-0.3, -0.25) is 0 Å². The van der Waals surface area contributed by atoms with Gasteiger partial charge in [0, 0.05) is 13.0 Å². The number of unbranched alkanes of at least 4 members (excludes halogenated alkanes) is 2. The Morgan fingerprint density at radius 1 is 1.07 bits per heavy atom. The molecule has 1 aromatic rings. The second-order valence-corrected chi connectivity index (χ2v) is 4.34. The largest absolute Gasteiger partial charge is 0.314 e. The van der Waals surface area contributed by atoms with Crippen molar-refractivity contribution >= 4 is 15.9 Å². The molecule has 1 aromatic heterocycles. The van der Waals surface area contributed by atoms with Crippen molar-refractivity contribution in [2.24, 2.45) is 0 Å². The Kier molecular flexibility index (Phi) is 5.91. The molecule has 15 heavy (non-hydrogen) atoms. The molecule has 0 N–H and O–H groups in total. The average molecular weight is 274 g/mol. The van der Waals surface area contributed by atoms with E-state index in [1.165, 1.54) is 19.3 Å². The van der Waals surface area contributed by atoms with E-state index in [4.69, 9.17) is 0 Å². The van der Waals surface area contributed by atoms with Crippen molar-refractivity contribution in [3.8, 4) is 0 Å². The van der Waals surface area contributed by atoms with Crippen LogP contribution in [0.5, 0.6) is 0 Å². The van der Waals surface area contributed by atoms with Crippen molar-refractivity contribution in [1.29, 1.82) is 0 Å². The van der Waals surface area contributed by atoms with Crippen LogP contribution in [0.4, 0.5) is 0 Å². The second kappa shape index (κ2) is 6.99. The smallest absolute Gasteiger partial charge is 0.143 e. The molecule has 86 valence electrons. The van der Waals surface area contributed by atoms with Crippen LogP contribution >= 0.6 is 15.9 Å². The Hall–Kier alpha value is -0.380. The highest BCUT2D eigenvalue weighted by Crippen LogP contribution is 2.10. The molecule has 0 radical (unpaired) electrons. The third-order valence-electron chi connectivity index (χ3n) is 2.47. The molecule has 3 nitrogen and oxygen atoms in total. The summed E-state index contributed by atoms with van der Waals surface area (Å²) < 4.78 is 2.25. The topological polar surface area (TPSA) is 30.7 Å². The van der Waals surface area contributed by atoms with Crippen LogP contribution < -0.4 is 0 Å². The van der Waals surface area contributed by atoms with E-state index < -0.39 is 0 Å². The van der Waals surface area contributed by atoms with Gasteiger partial charge in [-0.15, -0.1) is 10.2 Å². The molecular weight excluding hydrogens is 254 g/mol.